The van der Waals surface area contributed by atoms with E-state index in [0.717, 1.165) is 12.1 Å². The highest BCUT2D eigenvalue weighted by Crippen LogP contribution is 2.29. The number of aromatic nitrogens is 1. The van der Waals surface area contributed by atoms with Gasteiger partial charge in [-0.2, -0.15) is 13.2 Å². The third-order valence-corrected chi connectivity index (χ3v) is 3.08. The smallest absolute Gasteiger partial charge is 0.294 e. The van der Waals surface area contributed by atoms with Crippen molar-refractivity contribution in [2.75, 3.05) is 0 Å². The van der Waals surface area contributed by atoms with Gasteiger partial charge in [-0.05, 0) is 23.8 Å². The van der Waals surface area contributed by atoms with Gasteiger partial charge in [0, 0.05) is 24.4 Å². The molecule has 1 aromatic carbocycles. The fraction of sp³-hybridized carbons (Fsp3) is 0.143. The zero-order valence-corrected chi connectivity index (χ0v) is 10.9. The van der Waals surface area contributed by atoms with Crippen LogP contribution in [0.2, 0.25) is 5.02 Å². The summed E-state index contributed by atoms with van der Waals surface area (Å²) in [5.41, 5.74) is 0.0217. The molecule has 2 aromatic rings. The maximum Gasteiger partial charge on any atom is 0.416 e. The van der Waals surface area contributed by atoms with E-state index >= 15 is 0 Å². The highest BCUT2D eigenvalue weighted by Gasteiger charge is 2.30. The van der Waals surface area contributed by atoms with Gasteiger partial charge in [0.05, 0.1) is 10.6 Å². The van der Waals surface area contributed by atoms with Gasteiger partial charge >= 0.3 is 6.18 Å². The molecule has 0 fully saturated rings. The van der Waals surface area contributed by atoms with E-state index in [0.29, 0.717) is 10.6 Å². The van der Waals surface area contributed by atoms with Gasteiger partial charge in [0.1, 0.15) is 0 Å². The van der Waals surface area contributed by atoms with Crippen molar-refractivity contribution in [2.45, 2.75) is 12.6 Å². The average Bonchev–Trinajstić information content (AvgIpc) is 2.40. The molecular formula is C14H9ClF3NO. The topological polar surface area (TPSA) is 30.0 Å². The number of alkyl halides is 3. The normalized spacial score (nSPS) is 11.4. The summed E-state index contributed by atoms with van der Waals surface area (Å²) in [6.07, 6.45) is -1.47. The van der Waals surface area contributed by atoms with Gasteiger partial charge in [-0.3, -0.25) is 9.78 Å². The number of halogens is 4. The van der Waals surface area contributed by atoms with Crippen molar-refractivity contribution in [3.63, 3.8) is 0 Å². The number of carbonyl (C=O) groups is 1. The summed E-state index contributed by atoms with van der Waals surface area (Å²) in [6.45, 7) is 0. The summed E-state index contributed by atoms with van der Waals surface area (Å²) in [6, 6.07) is 5.72. The molecule has 0 aliphatic heterocycles. The molecule has 1 aromatic heterocycles. The molecule has 1 heterocycles. The van der Waals surface area contributed by atoms with Gasteiger partial charge in [-0.15, -0.1) is 0 Å². The van der Waals surface area contributed by atoms with E-state index in [-0.39, 0.29) is 17.8 Å². The lowest BCUT2D eigenvalue weighted by Crippen LogP contribution is -2.07. The Bertz CT molecular complexity index is 623. The fourth-order valence-electron chi connectivity index (χ4n) is 1.67. The van der Waals surface area contributed by atoms with Crippen LogP contribution in [0.15, 0.2) is 42.7 Å². The van der Waals surface area contributed by atoms with Gasteiger partial charge in [0.2, 0.25) is 0 Å². The number of nitrogens with zero attached hydrogens (tertiary/aromatic N) is 1. The van der Waals surface area contributed by atoms with Gasteiger partial charge in [-0.25, -0.2) is 0 Å². The monoisotopic (exact) mass is 299 g/mol. The number of benzene rings is 1. The van der Waals surface area contributed by atoms with Crippen molar-refractivity contribution in [2.24, 2.45) is 0 Å². The van der Waals surface area contributed by atoms with Crippen LogP contribution in [0.1, 0.15) is 21.5 Å². The molecule has 2 rings (SSSR count). The van der Waals surface area contributed by atoms with Crippen molar-refractivity contribution in [1.82, 2.24) is 4.98 Å². The quantitative estimate of drug-likeness (QED) is 0.796. The predicted molar refractivity (Wildman–Crippen MR) is 68.7 cm³/mol. The van der Waals surface area contributed by atoms with Gasteiger partial charge < -0.3 is 0 Å². The Labute approximate surface area is 118 Å². The number of hydrogen-bond donors (Lipinski definition) is 0. The minimum atomic E-state index is -4.41. The molecule has 0 aliphatic rings. The molecule has 0 saturated heterocycles. The van der Waals surface area contributed by atoms with Gasteiger partial charge in [-0.1, -0.05) is 23.7 Å². The van der Waals surface area contributed by atoms with Gasteiger partial charge in [0.15, 0.2) is 5.78 Å². The maximum absolute atomic E-state index is 12.4. The summed E-state index contributed by atoms with van der Waals surface area (Å²) < 4.78 is 37.2. The minimum absolute atomic E-state index is 0.0206. The van der Waals surface area contributed by atoms with E-state index in [1.165, 1.54) is 24.5 Å². The van der Waals surface area contributed by atoms with Crippen LogP contribution in [0.25, 0.3) is 0 Å². The summed E-state index contributed by atoms with van der Waals surface area (Å²) in [5.74, 6) is -0.299. The molecule has 0 amide bonds. The first kappa shape index (κ1) is 14.5. The van der Waals surface area contributed by atoms with E-state index in [1.54, 1.807) is 6.07 Å². The Balaban J connectivity index is 2.16. The van der Waals surface area contributed by atoms with E-state index in [2.05, 4.69) is 4.98 Å². The molecule has 2 nitrogen and oxygen atoms in total. The van der Waals surface area contributed by atoms with Crippen LogP contribution in [0, 0.1) is 0 Å². The zero-order valence-electron chi connectivity index (χ0n) is 10.1. The molecular weight excluding hydrogens is 291 g/mol. The molecule has 0 saturated carbocycles. The first-order valence-corrected chi connectivity index (χ1v) is 6.04. The van der Waals surface area contributed by atoms with E-state index in [9.17, 15) is 18.0 Å². The first-order valence-electron chi connectivity index (χ1n) is 5.67. The molecule has 0 unspecified atom stereocenters. The van der Waals surface area contributed by atoms with Crippen molar-refractivity contribution < 1.29 is 18.0 Å². The lowest BCUT2D eigenvalue weighted by molar-refractivity contribution is -0.137. The summed E-state index contributed by atoms with van der Waals surface area (Å²) >= 11 is 5.88. The van der Waals surface area contributed by atoms with Crippen molar-refractivity contribution in [1.29, 1.82) is 0 Å². The second-order valence-corrected chi connectivity index (χ2v) is 4.55. The van der Waals surface area contributed by atoms with E-state index in [4.69, 9.17) is 11.6 Å². The lowest BCUT2D eigenvalue weighted by Gasteiger charge is -2.07. The SMILES string of the molecule is O=C(Cc1ccncc1Cl)c1ccc(C(F)(F)F)cc1. The van der Waals surface area contributed by atoms with Crippen LogP contribution in [0.5, 0.6) is 0 Å². The summed E-state index contributed by atoms with van der Waals surface area (Å²) in [5, 5.41) is 0.354. The van der Waals surface area contributed by atoms with Gasteiger partial charge in [0.25, 0.3) is 0 Å². The molecule has 0 spiro atoms. The second kappa shape index (κ2) is 5.63. The third-order valence-electron chi connectivity index (χ3n) is 2.74. The highest BCUT2D eigenvalue weighted by molar-refractivity contribution is 6.31. The Hall–Kier alpha value is -1.88. The van der Waals surface area contributed by atoms with E-state index in [1.807, 2.05) is 0 Å². The van der Waals surface area contributed by atoms with Crippen LogP contribution in [-0.2, 0) is 12.6 Å². The van der Waals surface area contributed by atoms with Crippen molar-refractivity contribution >= 4 is 17.4 Å². The zero-order chi connectivity index (χ0) is 14.8. The summed E-state index contributed by atoms with van der Waals surface area (Å²) in [7, 11) is 0. The largest absolute Gasteiger partial charge is 0.416 e. The Kier molecular flexibility index (Phi) is 4.09. The van der Waals surface area contributed by atoms with E-state index < -0.39 is 11.7 Å². The van der Waals surface area contributed by atoms with Crippen LogP contribution in [0.3, 0.4) is 0 Å². The Morgan fingerprint density at radius 3 is 2.35 bits per heavy atom. The molecule has 20 heavy (non-hydrogen) atoms. The Morgan fingerprint density at radius 1 is 1.15 bits per heavy atom. The van der Waals surface area contributed by atoms with Crippen LogP contribution >= 0.6 is 11.6 Å². The molecule has 104 valence electrons. The van der Waals surface area contributed by atoms with Crippen LogP contribution in [-0.4, -0.2) is 10.8 Å². The molecule has 6 heteroatoms. The molecule has 0 radical (unpaired) electrons. The van der Waals surface area contributed by atoms with Crippen molar-refractivity contribution in [3.05, 3.63) is 64.4 Å². The standard InChI is InChI=1S/C14H9ClF3NO/c15-12-8-19-6-5-10(12)7-13(20)9-1-3-11(4-2-9)14(16,17)18/h1-6,8H,7H2. The number of rotatable bonds is 3. The molecule has 0 bridgehead atoms. The third kappa shape index (κ3) is 3.36. The van der Waals surface area contributed by atoms with Crippen LogP contribution < -0.4 is 0 Å². The maximum atomic E-state index is 12.4. The Morgan fingerprint density at radius 2 is 1.80 bits per heavy atom. The summed E-state index contributed by atoms with van der Waals surface area (Å²) in [4.78, 5) is 15.8. The first-order chi connectivity index (χ1) is 9.38. The number of hydrogen-bond acceptors (Lipinski definition) is 2. The van der Waals surface area contributed by atoms with Crippen LogP contribution in [0.4, 0.5) is 13.2 Å². The number of carbonyl (C=O) groups excluding carboxylic acids is 1. The average molecular weight is 300 g/mol. The fourth-order valence-corrected chi connectivity index (χ4v) is 1.85. The number of pyridine rings is 1. The predicted octanol–water partition coefficient (Wildman–Crippen LogP) is 4.18. The molecule has 0 N–H and O–H groups in total. The number of ketones is 1. The minimum Gasteiger partial charge on any atom is -0.294 e. The lowest BCUT2D eigenvalue weighted by atomic mass is 10.0. The highest BCUT2D eigenvalue weighted by atomic mass is 35.5. The molecule has 0 atom stereocenters. The second-order valence-electron chi connectivity index (χ2n) is 4.14. The number of Topliss-reactive ketones (excluding diaryl/α,β-unsaturated/α-hetero) is 1. The van der Waals surface area contributed by atoms with Crippen molar-refractivity contribution in [3.8, 4) is 0 Å². The molecule has 0 aliphatic carbocycles.